The first-order valence-electron chi connectivity index (χ1n) is 5.17. The molecule has 4 heteroatoms. The van der Waals surface area contributed by atoms with Crippen LogP contribution in [-0.4, -0.2) is 17.6 Å². The van der Waals surface area contributed by atoms with Crippen LogP contribution in [0, 0.1) is 6.92 Å². The number of carbonyl (C=O) groups excluding carboxylic acids is 1. The number of anilines is 1. The average molecular weight is 218 g/mol. The fourth-order valence-corrected chi connectivity index (χ4v) is 1.77. The molecule has 0 aliphatic rings. The summed E-state index contributed by atoms with van der Waals surface area (Å²) in [4.78, 5) is 14.6. The maximum Gasteiger partial charge on any atom is 0.354 e. The van der Waals surface area contributed by atoms with E-state index in [2.05, 4.69) is 4.98 Å². The van der Waals surface area contributed by atoms with Crippen LogP contribution < -0.4 is 5.73 Å². The lowest BCUT2D eigenvalue weighted by molar-refractivity contribution is 0.0520. The number of esters is 1. The molecule has 0 spiro atoms. The first-order chi connectivity index (χ1) is 7.61. The van der Waals surface area contributed by atoms with Gasteiger partial charge in [-0.1, -0.05) is 0 Å². The Morgan fingerprint density at radius 3 is 2.88 bits per heavy atom. The molecule has 1 aromatic heterocycles. The molecule has 2 rings (SSSR count). The lowest BCUT2D eigenvalue weighted by Crippen LogP contribution is -2.04. The van der Waals surface area contributed by atoms with Crippen LogP contribution in [0.3, 0.4) is 0 Å². The van der Waals surface area contributed by atoms with Crippen LogP contribution in [0.25, 0.3) is 10.9 Å². The molecule has 2 aromatic rings. The monoisotopic (exact) mass is 218 g/mol. The zero-order valence-corrected chi connectivity index (χ0v) is 9.33. The number of H-pyrrole nitrogens is 1. The van der Waals surface area contributed by atoms with E-state index < -0.39 is 0 Å². The van der Waals surface area contributed by atoms with Gasteiger partial charge in [0.05, 0.1) is 6.61 Å². The van der Waals surface area contributed by atoms with Gasteiger partial charge in [-0.2, -0.15) is 0 Å². The second-order valence-electron chi connectivity index (χ2n) is 3.71. The van der Waals surface area contributed by atoms with E-state index >= 15 is 0 Å². The van der Waals surface area contributed by atoms with Crippen LogP contribution in [0.15, 0.2) is 18.2 Å². The Bertz CT molecular complexity index is 543. The summed E-state index contributed by atoms with van der Waals surface area (Å²) in [7, 11) is 0. The van der Waals surface area contributed by atoms with Gasteiger partial charge in [0.2, 0.25) is 0 Å². The molecule has 0 atom stereocenters. The topological polar surface area (TPSA) is 68.1 Å². The van der Waals surface area contributed by atoms with E-state index in [0.717, 1.165) is 16.5 Å². The minimum atomic E-state index is -0.336. The van der Waals surface area contributed by atoms with Gasteiger partial charge in [0.15, 0.2) is 0 Å². The Morgan fingerprint density at radius 1 is 1.44 bits per heavy atom. The van der Waals surface area contributed by atoms with E-state index in [9.17, 15) is 4.79 Å². The summed E-state index contributed by atoms with van der Waals surface area (Å²) in [5.74, 6) is -0.336. The predicted octanol–water partition coefficient (Wildman–Crippen LogP) is 2.24. The minimum Gasteiger partial charge on any atom is -0.461 e. The van der Waals surface area contributed by atoms with Crippen molar-refractivity contribution in [1.82, 2.24) is 4.98 Å². The van der Waals surface area contributed by atoms with E-state index in [4.69, 9.17) is 10.5 Å². The van der Waals surface area contributed by atoms with Gasteiger partial charge in [-0.15, -0.1) is 0 Å². The number of fused-ring (bicyclic) bond motifs is 1. The quantitative estimate of drug-likeness (QED) is 0.600. The number of nitrogens with one attached hydrogen (secondary N) is 1. The van der Waals surface area contributed by atoms with E-state index in [1.165, 1.54) is 0 Å². The number of aromatic nitrogens is 1. The number of carbonyl (C=O) groups is 1. The lowest BCUT2D eigenvalue weighted by atomic mass is 10.1. The highest BCUT2D eigenvalue weighted by Gasteiger charge is 2.11. The first kappa shape index (κ1) is 10.5. The second-order valence-corrected chi connectivity index (χ2v) is 3.71. The maximum atomic E-state index is 11.5. The minimum absolute atomic E-state index is 0.336. The Labute approximate surface area is 93.4 Å². The number of hydrogen-bond donors (Lipinski definition) is 2. The van der Waals surface area contributed by atoms with Gasteiger partial charge in [-0.25, -0.2) is 4.79 Å². The van der Waals surface area contributed by atoms with Crippen molar-refractivity contribution in [3.63, 3.8) is 0 Å². The summed E-state index contributed by atoms with van der Waals surface area (Å²) in [5, 5.41) is 0.931. The molecule has 0 amide bonds. The number of aryl methyl sites for hydroxylation is 1. The molecule has 0 saturated carbocycles. The third kappa shape index (κ3) is 1.74. The van der Waals surface area contributed by atoms with Gasteiger partial charge in [-0.05, 0) is 37.6 Å². The molecule has 1 aromatic carbocycles. The molecule has 3 N–H and O–H groups in total. The van der Waals surface area contributed by atoms with E-state index in [1.54, 1.807) is 13.0 Å². The standard InChI is InChI=1S/C12H14N2O2/c1-3-16-12(15)10-6-8-5-9(13)4-7(2)11(8)14-10/h4-6,14H,3,13H2,1-2H3. The molecule has 0 saturated heterocycles. The number of rotatable bonds is 2. The molecule has 0 radical (unpaired) electrons. The zero-order chi connectivity index (χ0) is 11.7. The molecule has 0 fully saturated rings. The van der Waals surface area contributed by atoms with Crippen molar-refractivity contribution >= 4 is 22.6 Å². The van der Waals surface area contributed by atoms with Crippen LogP contribution in [0.2, 0.25) is 0 Å². The largest absolute Gasteiger partial charge is 0.461 e. The Kier molecular flexibility index (Phi) is 2.56. The smallest absolute Gasteiger partial charge is 0.354 e. The molecule has 0 aliphatic heterocycles. The van der Waals surface area contributed by atoms with Crippen molar-refractivity contribution in [3.8, 4) is 0 Å². The number of aromatic amines is 1. The van der Waals surface area contributed by atoms with Gasteiger partial charge in [0.25, 0.3) is 0 Å². The van der Waals surface area contributed by atoms with Crippen molar-refractivity contribution in [2.45, 2.75) is 13.8 Å². The Hall–Kier alpha value is -1.97. The van der Waals surface area contributed by atoms with E-state index in [1.807, 2.05) is 19.1 Å². The van der Waals surface area contributed by atoms with Crippen LogP contribution in [-0.2, 0) is 4.74 Å². The van der Waals surface area contributed by atoms with Crippen LogP contribution >= 0.6 is 0 Å². The molecule has 0 aliphatic carbocycles. The normalized spacial score (nSPS) is 10.6. The van der Waals surface area contributed by atoms with Crippen molar-refractivity contribution in [1.29, 1.82) is 0 Å². The predicted molar refractivity (Wildman–Crippen MR) is 63.4 cm³/mol. The van der Waals surface area contributed by atoms with Gasteiger partial charge < -0.3 is 15.5 Å². The number of benzene rings is 1. The summed E-state index contributed by atoms with van der Waals surface area (Å²) >= 11 is 0. The molecule has 1 heterocycles. The number of hydrogen-bond acceptors (Lipinski definition) is 3. The number of nitrogen functional groups attached to an aromatic ring is 1. The highest BCUT2D eigenvalue weighted by Crippen LogP contribution is 2.22. The van der Waals surface area contributed by atoms with Crippen molar-refractivity contribution in [3.05, 3.63) is 29.5 Å². The second kappa shape index (κ2) is 3.89. The SMILES string of the molecule is CCOC(=O)c1cc2cc(N)cc(C)c2[nH]1. The highest BCUT2D eigenvalue weighted by atomic mass is 16.5. The van der Waals surface area contributed by atoms with Gasteiger partial charge in [-0.3, -0.25) is 0 Å². The summed E-state index contributed by atoms with van der Waals surface area (Å²) in [6.45, 7) is 4.10. The average Bonchev–Trinajstić information content (AvgIpc) is 2.62. The Balaban J connectivity index is 2.51. The summed E-state index contributed by atoms with van der Waals surface area (Å²) in [6, 6.07) is 5.46. The molecular formula is C12H14N2O2. The molecule has 16 heavy (non-hydrogen) atoms. The van der Waals surface area contributed by atoms with Crippen molar-refractivity contribution in [2.24, 2.45) is 0 Å². The molecular weight excluding hydrogens is 204 g/mol. The molecule has 0 unspecified atom stereocenters. The summed E-state index contributed by atoms with van der Waals surface area (Å²) in [5.41, 5.74) is 8.84. The van der Waals surface area contributed by atoms with Crippen LogP contribution in [0.5, 0.6) is 0 Å². The van der Waals surface area contributed by atoms with E-state index in [-0.39, 0.29) is 5.97 Å². The Morgan fingerprint density at radius 2 is 2.19 bits per heavy atom. The molecule has 4 nitrogen and oxygen atoms in total. The van der Waals surface area contributed by atoms with Gasteiger partial charge >= 0.3 is 5.97 Å². The third-order valence-corrected chi connectivity index (χ3v) is 2.44. The fraction of sp³-hybridized carbons (Fsp3) is 0.250. The summed E-state index contributed by atoms with van der Waals surface area (Å²) in [6.07, 6.45) is 0. The fourth-order valence-electron chi connectivity index (χ4n) is 1.77. The van der Waals surface area contributed by atoms with Crippen molar-refractivity contribution in [2.75, 3.05) is 12.3 Å². The van der Waals surface area contributed by atoms with Crippen LogP contribution in [0.4, 0.5) is 5.69 Å². The highest BCUT2D eigenvalue weighted by molar-refractivity contribution is 5.96. The van der Waals surface area contributed by atoms with Gasteiger partial charge in [0, 0.05) is 16.6 Å². The molecule has 84 valence electrons. The van der Waals surface area contributed by atoms with Gasteiger partial charge in [0.1, 0.15) is 5.69 Å². The summed E-state index contributed by atoms with van der Waals surface area (Å²) < 4.78 is 4.93. The van der Waals surface area contributed by atoms with E-state index in [0.29, 0.717) is 18.0 Å². The zero-order valence-electron chi connectivity index (χ0n) is 9.33. The van der Waals surface area contributed by atoms with Crippen molar-refractivity contribution < 1.29 is 9.53 Å². The first-order valence-corrected chi connectivity index (χ1v) is 5.17. The third-order valence-electron chi connectivity index (χ3n) is 2.44. The number of ether oxygens (including phenoxy) is 1. The lowest BCUT2D eigenvalue weighted by Gasteiger charge is -1.98. The molecule has 0 bridgehead atoms. The number of nitrogens with two attached hydrogens (primary N) is 1. The van der Waals surface area contributed by atoms with Crippen LogP contribution in [0.1, 0.15) is 23.0 Å². The maximum absolute atomic E-state index is 11.5.